The summed E-state index contributed by atoms with van der Waals surface area (Å²) in [6.45, 7) is 0.264. The van der Waals surface area contributed by atoms with Crippen molar-refractivity contribution >= 4 is 10.0 Å². The maximum absolute atomic E-state index is 13.2. The van der Waals surface area contributed by atoms with E-state index in [1.54, 1.807) is 18.0 Å². The molecule has 0 fully saturated rings. The summed E-state index contributed by atoms with van der Waals surface area (Å²) in [4.78, 5) is 0.146. The molecule has 0 bridgehead atoms. The normalized spacial score (nSPS) is 11.4. The number of methoxy groups -OCH3 is 1. The molecule has 0 spiro atoms. The van der Waals surface area contributed by atoms with Gasteiger partial charge in [-0.15, -0.1) is 0 Å². The zero-order valence-corrected chi connectivity index (χ0v) is 17.9. The van der Waals surface area contributed by atoms with Crippen molar-refractivity contribution in [1.82, 2.24) is 14.5 Å². The van der Waals surface area contributed by atoms with E-state index in [-0.39, 0.29) is 11.4 Å². The highest BCUT2D eigenvalue weighted by Gasteiger charge is 2.23. The van der Waals surface area contributed by atoms with Crippen LogP contribution in [0.25, 0.3) is 16.9 Å². The summed E-state index contributed by atoms with van der Waals surface area (Å²) in [7, 11) is -2.17. The van der Waals surface area contributed by atoms with E-state index in [0.717, 1.165) is 22.6 Å². The topological polar surface area (TPSA) is 73.2 Å². The van der Waals surface area contributed by atoms with Crippen molar-refractivity contribution in [2.75, 3.05) is 13.7 Å². The third kappa shape index (κ3) is 4.84. The molecule has 0 radical (unpaired) electrons. The lowest BCUT2D eigenvalue weighted by Gasteiger charge is -2.08. The van der Waals surface area contributed by atoms with E-state index in [9.17, 15) is 8.42 Å². The van der Waals surface area contributed by atoms with Crippen LogP contribution in [0.15, 0.2) is 96.0 Å². The minimum atomic E-state index is -3.78. The van der Waals surface area contributed by atoms with Gasteiger partial charge in [-0.1, -0.05) is 60.7 Å². The molecule has 7 heteroatoms. The lowest BCUT2D eigenvalue weighted by Crippen LogP contribution is -2.26. The number of hydrogen-bond acceptors (Lipinski definition) is 4. The van der Waals surface area contributed by atoms with E-state index in [0.29, 0.717) is 12.1 Å². The van der Waals surface area contributed by atoms with Crippen LogP contribution in [0.4, 0.5) is 0 Å². The summed E-state index contributed by atoms with van der Waals surface area (Å²) >= 11 is 0. The van der Waals surface area contributed by atoms with Crippen LogP contribution in [0.3, 0.4) is 0 Å². The maximum Gasteiger partial charge on any atom is 0.244 e. The van der Waals surface area contributed by atoms with E-state index in [1.807, 2.05) is 84.9 Å². The second-order valence-corrected chi connectivity index (χ2v) is 8.72. The van der Waals surface area contributed by atoms with Crippen LogP contribution in [0.2, 0.25) is 0 Å². The number of benzene rings is 3. The first-order valence-electron chi connectivity index (χ1n) is 9.90. The first-order valence-corrected chi connectivity index (χ1v) is 11.4. The summed E-state index contributed by atoms with van der Waals surface area (Å²) in [5.74, 6) is 0.746. The minimum absolute atomic E-state index is 0.146. The highest BCUT2D eigenvalue weighted by Crippen LogP contribution is 2.27. The van der Waals surface area contributed by atoms with Crippen LogP contribution in [-0.2, 0) is 16.4 Å². The van der Waals surface area contributed by atoms with Gasteiger partial charge in [0.1, 0.15) is 16.3 Å². The van der Waals surface area contributed by atoms with E-state index < -0.39 is 10.0 Å². The van der Waals surface area contributed by atoms with E-state index in [4.69, 9.17) is 4.74 Å². The third-order valence-electron chi connectivity index (χ3n) is 4.88. The number of ether oxygens (including phenoxy) is 1. The van der Waals surface area contributed by atoms with Crippen LogP contribution in [0.5, 0.6) is 5.75 Å². The molecule has 1 N–H and O–H groups in total. The molecule has 6 nitrogen and oxygen atoms in total. The predicted molar refractivity (Wildman–Crippen MR) is 121 cm³/mol. The average molecular weight is 434 g/mol. The number of para-hydroxylation sites is 1. The van der Waals surface area contributed by atoms with Crippen molar-refractivity contribution in [3.05, 3.63) is 96.7 Å². The lowest BCUT2D eigenvalue weighted by molar-refractivity contribution is 0.414. The molecule has 0 saturated heterocycles. The molecule has 0 saturated carbocycles. The fourth-order valence-electron chi connectivity index (χ4n) is 3.30. The number of nitrogens with zero attached hydrogens (tertiary/aromatic N) is 2. The zero-order chi connectivity index (χ0) is 21.7. The van der Waals surface area contributed by atoms with Crippen molar-refractivity contribution in [2.24, 2.45) is 0 Å². The van der Waals surface area contributed by atoms with E-state index in [1.165, 1.54) is 0 Å². The van der Waals surface area contributed by atoms with Crippen molar-refractivity contribution < 1.29 is 13.2 Å². The number of sulfonamides is 1. The Kier molecular flexibility index (Phi) is 6.16. The fraction of sp³-hybridized carbons (Fsp3) is 0.125. The van der Waals surface area contributed by atoms with Gasteiger partial charge in [0.25, 0.3) is 0 Å². The Hall–Kier alpha value is -3.42. The second kappa shape index (κ2) is 9.16. The van der Waals surface area contributed by atoms with Crippen molar-refractivity contribution in [3.63, 3.8) is 0 Å². The standard InChI is InChI=1S/C24H23N3O3S/c1-30-22-14-8-9-19(17-22)15-16-25-31(28,29)23-18-27(21-12-6-3-7-13-21)26-24(23)20-10-4-2-5-11-20/h2-14,17-18,25H,15-16H2,1H3. The summed E-state index contributed by atoms with van der Waals surface area (Å²) in [6.07, 6.45) is 2.11. The molecule has 0 amide bonds. The molecule has 0 aliphatic rings. The molecule has 1 heterocycles. The average Bonchev–Trinajstić information content (AvgIpc) is 3.27. The Labute approximate surface area is 182 Å². The molecule has 158 valence electrons. The third-order valence-corrected chi connectivity index (χ3v) is 6.34. The molecule has 0 aliphatic carbocycles. The molecular weight excluding hydrogens is 410 g/mol. The zero-order valence-electron chi connectivity index (χ0n) is 17.1. The molecular formula is C24H23N3O3S. The summed E-state index contributed by atoms with van der Waals surface area (Å²) in [5, 5.41) is 4.59. The molecule has 3 aromatic carbocycles. The number of nitrogens with one attached hydrogen (secondary N) is 1. The maximum atomic E-state index is 13.2. The fourth-order valence-corrected chi connectivity index (χ4v) is 4.48. The van der Waals surface area contributed by atoms with Gasteiger partial charge in [-0.05, 0) is 36.2 Å². The Balaban J connectivity index is 1.62. The largest absolute Gasteiger partial charge is 0.497 e. The SMILES string of the molecule is COc1cccc(CCNS(=O)(=O)c2cn(-c3ccccc3)nc2-c2ccccc2)c1. The van der Waals surface area contributed by atoms with Gasteiger partial charge < -0.3 is 4.74 Å². The van der Waals surface area contributed by atoms with Crippen LogP contribution >= 0.6 is 0 Å². The molecule has 31 heavy (non-hydrogen) atoms. The highest BCUT2D eigenvalue weighted by atomic mass is 32.2. The molecule has 0 aliphatic heterocycles. The van der Waals surface area contributed by atoms with E-state index >= 15 is 0 Å². The summed E-state index contributed by atoms with van der Waals surface area (Å²) in [5.41, 5.74) is 2.94. The molecule has 4 aromatic rings. The van der Waals surface area contributed by atoms with Crippen LogP contribution < -0.4 is 9.46 Å². The Bertz CT molecular complexity index is 1250. The first kappa shape index (κ1) is 20.8. The van der Waals surface area contributed by atoms with Gasteiger partial charge in [0, 0.05) is 12.1 Å². The predicted octanol–water partition coefficient (Wildman–Crippen LogP) is 4.07. The first-order chi connectivity index (χ1) is 15.1. The van der Waals surface area contributed by atoms with Crippen molar-refractivity contribution in [2.45, 2.75) is 11.3 Å². The van der Waals surface area contributed by atoms with Gasteiger partial charge in [-0.25, -0.2) is 17.8 Å². The van der Waals surface area contributed by atoms with Gasteiger partial charge in [0.2, 0.25) is 10.0 Å². The Morgan fingerprint density at radius 2 is 1.65 bits per heavy atom. The number of aromatic nitrogens is 2. The minimum Gasteiger partial charge on any atom is -0.497 e. The van der Waals surface area contributed by atoms with Crippen LogP contribution in [0.1, 0.15) is 5.56 Å². The molecule has 1 aromatic heterocycles. The van der Waals surface area contributed by atoms with Gasteiger partial charge in [-0.2, -0.15) is 5.10 Å². The van der Waals surface area contributed by atoms with Crippen LogP contribution in [0, 0.1) is 0 Å². The summed E-state index contributed by atoms with van der Waals surface area (Å²) in [6, 6.07) is 26.4. The molecule has 4 rings (SSSR count). The molecule has 0 unspecified atom stereocenters. The Morgan fingerprint density at radius 1 is 0.935 bits per heavy atom. The quantitative estimate of drug-likeness (QED) is 0.455. The monoisotopic (exact) mass is 433 g/mol. The van der Waals surface area contributed by atoms with Gasteiger partial charge in [0.05, 0.1) is 19.0 Å². The van der Waals surface area contributed by atoms with Gasteiger partial charge in [-0.3, -0.25) is 0 Å². The smallest absolute Gasteiger partial charge is 0.244 e. The van der Waals surface area contributed by atoms with Crippen molar-refractivity contribution in [3.8, 4) is 22.7 Å². The lowest BCUT2D eigenvalue weighted by atomic mass is 10.1. The van der Waals surface area contributed by atoms with Crippen molar-refractivity contribution in [1.29, 1.82) is 0 Å². The highest BCUT2D eigenvalue weighted by molar-refractivity contribution is 7.89. The number of hydrogen-bond donors (Lipinski definition) is 1. The summed E-state index contributed by atoms with van der Waals surface area (Å²) < 4.78 is 35.9. The van der Waals surface area contributed by atoms with Crippen LogP contribution in [-0.4, -0.2) is 31.9 Å². The molecule has 0 atom stereocenters. The number of rotatable bonds is 8. The second-order valence-electron chi connectivity index (χ2n) is 6.99. The Morgan fingerprint density at radius 3 is 2.35 bits per heavy atom. The van der Waals surface area contributed by atoms with Gasteiger partial charge in [0.15, 0.2) is 0 Å². The van der Waals surface area contributed by atoms with E-state index in [2.05, 4.69) is 9.82 Å². The van der Waals surface area contributed by atoms with Gasteiger partial charge >= 0.3 is 0 Å².